The summed E-state index contributed by atoms with van der Waals surface area (Å²) >= 11 is 1.53. The zero-order valence-corrected chi connectivity index (χ0v) is 17.0. The van der Waals surface area contributed by atoms with Gasteiger partial charge >= 0.3 is 0 Å². The maximum Gasteiger partial charge on any atom is 0.255 e. The smallest absolute Gasteiger partial charge is 0.255 e. The van der Waals surface area contributed by atoms with Crippen LogP contribution in [0.15, 0.2) is 0 Å². The second-order valence-corrected chi connectivity index (χ2v) is 9.72. The molecule has 27 heavy (non-hydrogen) atoms. The summed E-state index contributed by atoms with van der Waals surface area (Å²) in [5.41, 5.74) is 5.68. The molecule has 0 bridgehead atoms. The highest BCUT2D eigenvalue weighted by Crippen LogP contribution is 2.31. The zero-order valence-electron chi connectivity index (χ0n) is 16.2. The van der Waals surface area contributed by atoms with Crippen LogP contribution < -0.4 is 5.73 Å². The minimum atomic E-state index is -1.24. The van der Waals surface area contributed by atoms with Gasteiger partial charge in [0.05, 0.1) is 5.69 Å². The molecule has 1 atom stereocenters. The molecule has 1 aliphatic carbocycles. The summed E-state index contributed by atoms with van der Waals surface area (Å²) in [6, 6.07) is 0. The van der Waals surface area contributed by atoms with Gasteiger partial charge in [-0.25, -0.2) is 4.98 Å². The fraction of sp³-hybridized carbons (Fsp3) is 0.800. The maximum absolute atomic E-state index is 13.1. The summed E-state index contributed by atoms with van der Waals surface area (Å²) in [6.45, 7) is 3.59. The average molecular weight is 393 g/mol. The summed E-state index contributed by atoms with van der Waals surface area (Å²) in [6.07, 6.45) is 10.0. The minimum Gasteiger partial charge on any atom is -0.379 e. The number of aromatic nitrogens is 1. The Balaban J connectivity index is 1.34. The second kappa shape index (κ2) is 8.05. The minimum absolute atomic E-state index is 0.0563. The van der Waals surface area contributed by atoms with Crippen molar-refractivity contribution in [3.63, 3.8) is 0 Å². The van der Waals surface area contributed by atoms with Crippen LogP contribution in [0.3, 0.4) is 0 Å². The van der Waals surface area contributed by atoms with Gasteiger partial charge in [0.15, 0.2) is 10.7 Å². The molecule has 1 aromatic heterocycles. The number of carbonyl (C=O) groups excluding carboxylic acids is 1. The highest BCUT2D eigenvalue weighted by Gasteiger charge is 2.43. The monoisotopic (exact) mass is 392 g/mol. The Morgan fingerprint density at radius 2 is 2.04 bits per heavy atom. The van der Waals surface area contributed by atoms with Crippen molar-refractivity contribution in [1.82, 2.24) is 14.8 Å². The van der Waals surface area contributed by atoms with Crippen molar-refractivity contribution in [1.29, 1.82) is 0 Å². The molecule has 0 spiro atoms. The van der Waals surface area contributed by atoms with Crippen molar-refractivity contribution in [2.24, 2.45) is 5.92 Å². The van der Waals surface area contributed by atoms with Crippen molar-refractivity contribution in [2.45, 2.75) is 69.9 Å². The lowest BCUT2D eigenvalue weighted by Crippen LogP contribution is -2.59. The predicted octanol–water partition coefficient (Wildman–Crippen LogP) is 2.41. The standard InChI is InChI=1S/C20H32N4O2S/c21-19-22-16-8-11-23(13-17(16)27-19)14-20(26)9-4-10-24(18(20)25)12-7-15-5-2-1-3-6-15/h15,26H,1-14H2,(H2,21,22)/t20-/m0/s1. The van der Waals surface area contributed by atoms with Crippen LogP contribution in [0.2, 0.25) is 0 Å². The molecule has 1 amide bonds. The molecule has 150 valence electrons. The van der Waals surface area contributed by atoms with E-state index in [1.165, 1.54) is 48.3 Å². The molecule has 2 fully saturated rings. The van der Waals surface area contributed by atoms with Gasteiger partial charge in [-0.15, -0.1) is 11.3 Å². The third-order valence-corrected chi connectivity index (χ3v) is 7.46. The Morgan fingerprint density at radius 1 is 1.22 bits per heavy atom. The number of fused-ring (bicyclic) bond motifs is 1. The van der Waals surface area contributed by atoms with E-state index < -0.39 is 5.60 Å². The largest absolute Gasteiger partial charge is 0.379 e. The molecule has 1 saturated heterocycles. The number of nitrogen functional groups attached to an aromatic ring is 1. The van der Waals surface area contributed by atoms with Crippen LogP contribution in [0.5, 0.6) is 0 Å². The highest BCUT2D eigenvalue weighted by atomic mass is 32.1. The molecule has 2 aliphatic heterocycles. The van der Waals surface area contributed by atoms with Gasteiger partial charge in [0.1, 0.15) is 0 Å². The van der Waals surface area contributed by atoms with Gasteiger partial charge in [0, 0.05) is 44.0 Å². The Hall–Kier alpha value is -1.18. The molecule has 4 rings (SSSR count). The first kappa shape index (κ1) is 19.2. The number of likely N-dealkylation sites (tertiary alicyclic amines) is 1. The summed E-state index contributed by atoms with van der Waals surface area (Å²) in [5.74, 6) is 0.707. The van der Waals surface area contributed by atoms with E-state index in [0.29, 0.717) is 18.1 Å². The fourth-order valence-electron chi connectivity index (χ4n) is 5.01. The van der Waals surface area contributed by atoms with Gasteiger partial charge in [0.25, 0.3) is 5.91 Å². The van der Waals surface area contributed by atoms with Crippen LogP contribution in [0.25, 0.3) is 0 Å². The zero-order chi connectivity index (χ0) is 18.9. The molecule has 3 heterocycles. The molecule has 3 N–H and O–H groups in total. The number of hydrogen-bond donors (Lipinski definition) is 2. The number of thiazole rings is 1. The molecular formula is C20H32N4O2S. The molecular weight excluding hydrogens is 360 g/mol. The molecule has 0 aromatic carbocycles. The van der Waals surface area contributed by atoms with Gasteiger partial charge in [-0.2, -0.15) is 0 Å². The maximum atomic E-state index is 13.1. The van der Waals surface area contributed by atoms with E-state index in [9.17, 15) is 9.90 Å². The molecule has 7 heteroatoms. The number of aliphatic hydroxyl groups is 1. The molecule has 3 aliphatic rings. The summed E-state index contributed by atoms with van der Waals surface area (Å²) < 4.78 is 0. The molecule has 0 unspecified atom stereocenters. The van der Waals surface area contributed by atoms with E-state index in [0.717, 1.165) is 57.1 Å². The summed E-state index contributed by atoms with van der Waals surface area (Å²) in [5, 5.41) is 11.8. The summed E-state index contributed by atoms with van der Waals surface area (Å²) in [7, 11) is 0. The quantitative estimate of drug-likeness (QED) is 0.804. The average Bonchev–Trinajstić information content (AvgIpc) is 3.03. The lowest BCUT2D eigenvalue weighted by molar-refractivity contribution is -0.160. The van der Waals surface area contributed by atoms with E-state index in [4.69, 9.17) is 5.73 Å². The number of carbonyl (C=O) groups is 1. The van der Waals surface area contributed by atoms with E-state index in [1.54, 1.807) is 0 Å². The summed E-state index contributed by atoms with van der Waals surface area (Å²) in [4.78, 5) is 22.7. The fourth-order valence-corrected chi connectivity index (χ4v) is 5.93. The van der Waals surface area contributed by atoms with Gasteiger partial charge in [0.2, 0.25) is 0 Å². The van der Waals surface area contributed by atoms with Crippen LogP contribution in [0.1, 0.15) is 61.9 Å². The van der Waals surface area contributed by atoms with Crippen molar-refractivity contribution in [2.75, 3.05) is 31.9 Å². The van der Waals surface area contributed by atoms with Crippen molar-refractivity contribution < 1.29 is 9.90 Å². The van der Waals surface area contributed by atoms with Crippen LogP contribution in [0, 0.1) is 5.92 Å². The normalized spacial score (nSPS) is 27.7. The van der Waals surface area contributed by atoms with E-state index >= 15 is 0 Å². The lowest BCUT2D eigenvalue weighted by Gasteiger charge is -2.42. The Labute approximate surface area is 165 Å². The van der Waals surface area contributed by atoms with Gasteiger partial charge in [-0.1, -0.05) is 32.1 Å². The SMILES string of the molecule is Nc1nc2c(s1)CN(C[C@@]1(O)CCCN(CCC3CCCCC3)C1=O)CC2. The number of piperidine rings is 1. The van der Waals surface area contributed by atoms with Crippen LogP contribution in [-0.4, -0.2) is 57.6 Å². The number of nitrogens with two attached hydrogens (primary N) is 1. The van der Waals surface area contributed by atoms with E-state index in [2.05, 4.69) is 9.88 Å². The number of nitrogens with zero attached hydrogens (tertiary/aromatic N) is 3. The molecule has 0 radical (unpaired) electrons. The Bertz CT molecular complexity index is 673. The number of hydrogen-bond acceptors (Lipinski definition) is 6. The molecule has 1 aromatic rings. The van der Waals surface area contributed by atoms with Crippen molar-refractivity contribution in [3.05, 3.63) is 10.6 Å². The third kappa shape index (κ3) is 4.30. The lowest BCUT2D eigenvalue weighted by atomic mass is 9.86. The molecule has 1 saturated carbocycles. The third-order valence-electron chi connectivity index (χ3n) is 6.55. The topological polar surface area (TPSA) is 82.7 Å². The van der Waals surface area contributed by atoms with Crippen LogP contribution in [-0.2, 0) is 17.8 Å². The first-order valence-corrected chi connectivity index (χ1v) is 11.3. The van der Waals surface area contributed by atoms with Gasteiger partial charge in [-0.05, 0) is 25.2 Å². The van der Waals surface area contributed by atoms with Gasteiger partial charge in [-0.3, -0.25) is 9.69 Å². The highest BCUT2D eigenvalue weighted by molar-refractivity contribution is 7.15. The van der Waals surface area contributed by atoms with Crippen LogP contribution in [0.4, 0.5) is 5.13 Å². The Kier molecular flexibility index (Phi) is 5.71. The second-order valence-electron chi connectivity index (χ2n) is 8.60. The van der Waals surface area contributed by atoms with Crippen molar-refractivity contribution in [3.8, 4) is 0 Å². The van der Waals surface area contributed by atoms with E-state index in [1.807, 2.05) is 4.90 Å². The number of β-amino-alcohol motifs (C(OH)–C–C–N with tert-alkyl or cyclic N) is 1. The molecule has 6 nitrogen and oxygen atoms in total. The van der Waals surface area contributed by atoms with E-state index in [-0.39, 0.29) is 5.91 Å². The number of rotatable bonds is 5. The predicted molar refractivity (Wildman–Crippen MR) is 107 cm³/mol. The Morgan fingerprint density at radius 3 is 2.85 bits per heavy atom. The van der Waals surface area contributed by atoms with Gasteiger partial charge < -0.3 is 15.7 Å². The number of anilines is 1. The van der Waals surface area contributed by atoms with Crippen molar-refractivity contribution >= 4 is 22.4 Å². The van der Waals surface area contributed by atoms with Crippen LogP contribution >= 0.6 is 11.3 Å². The first-order valence-electron chi connectivity index (χ1n) is 10.5. The first-order chi connectivity index (χ1) is 13.0. The number of amides is 1.